The standard InChI is InChI=1S/C20H21BrClNO4S/c21-17-8-5-15(6-9-17)14-27-20(24)16-7-10-18(22)19(13-16)28(25,26)23-11-3-1-2-4-12-23/h5-10,13H,1-4,11-12,14H2. The minimum absolute atomic E-state index is 0.0471. The molecule has 0 amide bonds. The lowest BCUT2D eigenvalue weighted by Gasteiger charge is -2.21. The van der Waals surface area contributed by atoms with Gasteiger partial charge < -0.3 is 4.74 Å². The minimum Gasteiger partial charge on any atom is -0.457 e. The predicted molar refractivity (Wildman–Crippen MR) is 112 cm³/mol. The van der Waals surface area contributed by atoms with E-state index in [1.807, 2.05) is 24.3 Å². The molecule has 0 atom stereocenters. The molecule has 0 radical (unpaired) electrons. The van der Waals surface area contributed by atoms with E-state index in [-0.39, 0.29) is 22.1 Å². The van der Waals surface area contributed by atoms with Crippen LogP contribution < -0.4 is 0 Å². The topological polar surface area (TPSA) is 63.7 Å². The molecule has 0 aliphatic carbocycles. The molecular weight excluding hydrogens is 466 g/mol. The van der Waals surface area contributed by atoms with Gasteiger partial charge in [0.2, 0.25) is 10.0 Å². The minimum atomic E-state index is -3.76. The smallest absolute Gasteiger partial charge is 0.338 e. The molecule has 1 saturated heterocycles. The zero-order chi connectivity index (χ0) is 20.1. The second-order valence-electron chi connectivity index (χ2n) is 6.67. The first kappa shape index (κ1) is 21.3. The van der Waals surface area contributed by atoms with Gasteiger partial charge in [-0.15, -0.1) is 0 Å². The van der Waals surface area contributed by atoms with Crippen molar-refractivity contribution in [1.29, 1.82) is 0 Å². The molecule has 0 N–H and O–H groups in total. The van der Waals surface area contributed by atoms with Crippen molar-refractivity contribution in [1.82, 2.24) is 4.31 Å². The van der Waals surface area contributed by atoms with Crippen LogP contribution in [0.4, 0.5) is 0 Å². The molecule has 0 spiro atoms. The summed E-state index contributed by atoms with van der Waals surface area (Å²) in [7, 11) is -3.76. The third kappa shape index (κ3) is 5.14. The monoisotopic (exact) mass is 485 g/mol. The Labute approximate surface area is 178 Å². The summed E-state index contributed by atoms with van der Waals surface area (Å²) in [5.41, 5.74) is 0.998. The highest BCUT2D eigenvalue weighted by Crippen LogP contribution is 2.28. The molecule has 0 bridgehead atoms. The normalized spacial score (nSPS) is 15.8. The number of carbonyl (C=O) groups excluding carboxylic acids is 1. The van der Waals surface area contributed by atoms with Crippen LogP contribution >= 0.6 is 27.5 Å². The lowest BCUT2D eigenvalue weighted by atomic mass is 10.2. The van der Waals surface area contributed by atoms with E-state index < -0.39 is 16.0 Å². The van der Waals surface area contributed by atoms with Crippen LogP contribution in [0.15, 0.2) is 51.8 Å². The van der Waals surface area contributed by atoms with Crippen LogP contribution in [0, 0.1) is 0 Å². The van der Waals surface area contributed by atoms with Crippen LogP contribution in [0.25, 0.3) is 0 Å². The number of halogens is 2. The number of rotatable bonds is 5. The fourth-order valence-electron chi connectivity index (χ4n) is 3.06. The van der Waals surface area contributed by atoms with Crippen molar-refractivity contribution < 1.29 is 17.9 Å². The molecule has 28 heavy (non-hydrogen) atoms. The third-order valence-corrected chi connectivity index (χ3v) is 7.54. The van der Waals surface area contributed by atoms with Gasteiger partial charge >= 0.3 is 5.97 Å². The van der Waals surface area contributed by atoms with E-state index in [2.05, 4.69) is 15.9 Å². The van der Waals surface area contributed by atoms with Gasteiger partial charge in [0, 0.05) is 17.6 Å². The van der Waals surface area contributed by atoms with Crippen molar-refractivity contribution in [3.05, 3.63) is 63.1 Å². The maximum Gasteiger partial charge on any atom is 0.338 e. The van der Waals surface area contributed by atoms with Crippen LogP contribution in [0.5, 0.6) is 0 Å². The number of benzene rings is 2. The van der Waals surface area contributed by atoms with Crippen molar-refractivity contribution in [3.63, 3.8) is 0 Å². The van der Waals surface area contributed by atoms with Crippen molar-refractivity contribution in [2.24, 2.45) is 0 Å². The number of carbonyl (C=O) groups is 1. The summed E-state index contributed by atoms with van der Waals surface area (Å²) in [6.07, 6.45) is 3.68. The van der Waals surface area contributed by atoms with Crippen molar-refractivity contribution in [2.75, 3.05) is 13.1 Å². The first-order valence-corrected chi connectivity index (χ1v) is 11.7. The number of esters is 1. The van der Waals surface area contributed by atoms with Crippen LogP contribution in [-0.4, -0.2) is 31.8 Å². The Kier molecular flexibility index (Phi) is 7.15. The summed E-state index contributed by atoms with van der Waals surface area (Å²) in [5, 5.41) is 0.105. The Morgan fingerprint density at radius 3 is 2.32 bits per heavy atom. The molecule has 150 valence electrons. The third-order valence-electron chi connectivity index (χ3n) is 4.63. The predicted octanol–water partition coefficient (Wildman–Crippen LogP) is 5.02. The van der Waals surface area contributed by atoms with Gasteiger partial charge in [0.1, 0.15) is 11.5 Å². The molecule has 0 unspecified atom stereocenters. The maximum atomic E-state index is 13.0. The Morgan fingerprint density at radius 1 is 1.04 bits per heavy atom. The number of nitrogens with zero attached hydrogens (tertiary/aromatic N) is 1. The Balaban J connectivity index is 1.78. The SMILES string of the molecule is O=C(OCc1ccc(Br)cc1)c1ccc(Cl)c(S(=O)(=O)N2CCCCCC2)c1. The van der Waals surface area contributed by atoms with Gasteiger partial charge in [0.25, 0.3) is 0 Å². The number of sulfonamides is 1. The van der Waals surface area contributed by atoms with E-state index in [9.17, 15) is 13.2 Å². The summed E-state index contributed by atoms with van der Waals surface area (Å²) in [6, 6.07) is 11.6. The lowest BCUT2D eigenvalue weighted by molar-refractivity contribution is 0.0472. The van der Waals surface area contributed by atoms with E-state index in [1.165, 1.54) is 22.5 Å². The second-order valence-corrected chi connectivity index (χ2v) is 9.90. The van der Waals surface area contributed by atoms with E-state index in [0.717, 1.165) is 35.7 Å². The van der Waals surface area contributed by atoms with Crippen LogP contribution in [0.1, 0.15) is 41.6 Å². The van der Waals surface area contributed by atoms with Gasteiger partial charge in [-0.25, -0.2) is 13.2 Å². The molecule has 1 fully saturated rings. The van der Waals surface area contributed by atoms with Crippen LogP contribution in [-0.2, 0) is 21.4 Å². The summed E-state index contributed by atoms with van der Waals surface area (Å²) in [5.74, 6) is -0.591. The quantitative estimate of drug-likeness (QED) is 0.556. The summed E-state index contributed by atoms with van der Waals surface area (Å²) in [6.45, 7) is 1.04. The molecular formula is C20H21BrClNO4S. The first-order valence-electron chi connectivity index (χ1n) is 9.09. The average molecular weight is 487 g/mol. The van der Waals surface area contributed by atoms with E-state index in [1.54, 1.807) is 0 Å². The van der Waals surface area contributed by atoms with Gasteiger partial charge in [0.15, 0.2) is 0 Å². The number of hydrogen-bond acceptors (Lipinski definition) is 4. The number of ether oxygens (including phenoxy) is 1. The fraction of sp³-hybridized carbons (Fsp3) is 0.350. The molecule has 2 aromatic rings. The highest BCUT2D eigenvalue weighted by atomic mass is 79.9. The summed E-state index contributed by atoms with van der Waals surface area (Å²) >= 11 is 9.52. The summed E-state index contributed by atoms with van der Waals surface area (Å²) < 4.78 is 33.8. The zero-order valence-electron chi connectivity index (χ0n) is 15.2. The highest BCUT2D eigenvalue weighted by molar-refractivity contribution is 9.10. The Hall–Kier alpha value is -1.41. The largest absolute Gasteiger partial charge is 0.457 e. The molecule has 1 heterocycles. The average Bonchev–Trinajstić information content (AvgIpc) is 2.97. The fourth-order valence-corrected chi connectivity index (χ4v) is 5.34. The molecule has 5 nitrogen and oxygen atoms in total. The van der Waals surface area contributed by atoms with Gasteiger partial charge in [0.05, 0.1) is 10.6 Å². The van der Waals surface area contributed by atoms with E-state index >= 15 is 0 Å². The maximum absolute atomic E-state index is 13.0. The lowest BCUT2D eigenvalue weighted by Crippen LogP contribution is -2.32. The van der Waals surface area contributed by atoms with Crippen LogP contribution in [0.2, 0.25) is 5.02 Å². The Bertz CT molecular complexity index is 939. The zero-order valence-corrected chi connectivity index (χ0v) is 18.4. The van der Waals surface area contributed by atoms with Crippen LogP contribution in [0.3, 0.4) is 0 Å². The van der Waals surface area contributed by atoms with Gasteiger partial charge in [-0.2, -0.15) is 4.31 Å². The number of hydrogen-bond donors (Lipinski definition) is 0. The van der Waals surface area contributed by atoms with E-state index in [0.29, 0.717) is 13.1 Å². The van der Waals surface area contributed by atoms with Crippen molar-refractivity contribution in [3.8, 4) is 0 Å². The molecule has 1 aliphatic heterocycles. The van der Waals surface area contributed by atoms with Gasteiger partial charge in [-0.05, 0) is 48.7 Å². The molecule has 3 rings (SSSR count). The molecule has 1 aliphatic rings. The molecule has 2 aromatic carbocycles. The van der Waals surface area contributed by atoms with Gasteiger partial charge in [-0.1, -0.05) is 52.5 Å². The molecule has 0 saturated carbocycles. The van der Waals surface area contributed by atoms with E-state index in [4.69, 9.17) is 16.3 Å². The van der Waals surface area contributed by atoms with Gasteiger partial charge in [-0.3, -0.25) is 0 Å². The van der Waals surface area contributed by atoms with Crippen molar-refractivity contribution >= 4 is 43.5 Å². The van der Waals surface area contributed by atoms with Crippen molar-refractivity contribution in [2.45, 2.75) is 37.2 Å². The summed E-state index contributed by atoms with van der Waals surface area (Å²) in [4.78, 5) is 12.4. The first-order chi connectivity index (χ1) is 13.4. The second kappa shape index (κ2) is 9.39. The highest BCUT2D eigenvalue weighted by Gasteiger charge is 2.28. The molecule has 0 aromatic heterocycles. The Morgan fingerprint density at radius 2 is 1.68 bits per heavy atom. The molecule has 8 heteroatoms.